The average molecular weight is 215 g/mol. The molecule has 16 heavy (non-hydrogen) atoms. The van der Waals surface area contributed by atoms with Gasteiger partial charge in [0.1, 0.15) is 12.4 Å². The van der Waals surface area contributed by atoms with Crippen LogP contribution in [0.25, 0.3) is 0 Å². The Kier molecular flexibility index (Phi) is 2.72. The highest BCUT2D eigenvalue weighted by molar-refractivity contribution is 5.95. The zero-order chi connectivity index (χ0) is 11.5. The quantitative estimate of drug-likeness (QED) is 0.792. The topological polar surface area (TPSA) is 60.9 Å². The Morgan fingerprint density at radius 1 is 1.38 bits per heavy atom. The number of aryl methyl sites for hydroxylation is 1. The first-order valence-corrected chi connectivity index (χ1v) is 5.05. The number of ketones is 1. The number of carbonyl (C=O) groups is 1. The van der Waals surface area contributed by atoms with Crippen molar-refractivity contribution in [2.75, 3.05) is 5.73 Å². The fourth-order valence-corrected chi connectivity index (χ4v) is 1.55. The Labute approximate surface area is 93.7 Å². The molecule has 0 spiro atoms. The number of nitrogens with two attached hydrogens (primary N) is 1. The summed E-state index contributed by atoms with van der Waals surface area (Å²) in [6, 6.07) is 10.9. The average Bonchev–Trinajstić information content (AvgIpc) is 2.59. The Hall–Kier alpha value is -2.10. The van der Waals surface area contributed by atoms with Gasteiger partial charge in [0.25, 0.3) is 0 Å². The first-order valence-electron chi connectivity index (χ1n) is 5.05. The Morgan fingerprint density at radius 3 is 2.62 bits per heavy atom. The van der Waals surface area contributed by atoms with E-state index in [0.717, 1.165) is 5.69 Å². The van der Waals surface area contributed by atoms with Gasteiger partial charge in [0.05, 0.1) is 0 Å². The Balaban J connectivity index is 2.17. The lowest BCUT2D eigenvalue weighted by molar-refractivity contribution is 0.0967. The molecule has 2 rings (SSSR count). The fraction of sp³-hybridized carbons (Fsp3) is 0.167. The number of hydrogen-bond acceptors (Lipinski definition) is 3. The molecule has 1 heterocycles. The maximum atomic E-state index is 11.9. The van der Waals surface area contributed by atoms with E-state index in [1.54, 1.807) is 22.9 Å². The van der Waals surface area contributed by atoms with E-state index >= 15 is 0 Å². The smallest absolute Gasteiger partial charge is 0.184 e. The molecule has 82 valence electrons. The summed E-state index contributed by atoms with van der Waals surface area (Å²) < 4.78 is 1.62. The third-order valence-electron chi connectivity index (χ3n) is 2.39. The zero-order valence-corrected chi connectivity index (χ0v) is 9.05. The normalized spacial score (nSPS) is 10.3. The molecule has 0 radical (unpaired) electrons. The summed E-state index contributed by atoms with van der Waals surface area (Å²) in [4.78, 5) is 11.9. The number of benzene rings is 1. The molecule has 1 aromatic carbocycles. The van der Waals surface area contributed by atoms with Crippen LogP contribution in [0.1, 0.15) is 16.1 Å². The lowest BCUT2D eigenvalue weighted by atomic mass is 10.1. The van der Waals surface area contributed by atoms with Gasteiger partial charge in [0.2, 0.25) is 0 Å². The van der Waals surface area contributed by atoms with Gasteiger partial charge in [-0.25, -0.2) is 0 Å². The molecule has 0 unspecified atom stereocenters. The maximum Gasteiger partial charge on any atom is 0.184 e. The molecule has 1 aromatic heterocycles. The highest BCUT2D eigenvalue weighted by atomic mass is 16.1. The number of nitrogen functional groups attached to an aromatic ring is 1. The number of carbonyl (C=O) groups excluding carboxylic acids is 1. The fourth-order valence-electron chi connectivity index (χ4n) is 1.55. The summed E-state index contributed by atoms with van der Waals surface area (Å²) in [5.41, 5.74) is 7.13. The second kappa shape index (κ2) is 4.18. The van der Waals surface area contributed by atoms with Crippen LogP contribution in [-0.2, 0) is 6.54 Å². The molecule has 0 aliphatic carbocycles. The molecule has 4 nitrogen and oxygen atoms in total. The van der Waals surface area contributed by atoms with Crippen molar-refractivity contribution in [1.29, 1.82) is 0 Å². The third-order valence-corrected chi connectivity index (χ3v) is 2.39. The lowest BCUT2D eigenvalue weighted by Crippen LogP contribution is -2.13. The third kappa shape index (κ3) is 2.11. The molecule has 0 bridgehead atoms. The largest absolute Gasteiger partial charge is 0.382 e. The Bertz CT molecular complexity index is 502. The van der Waals surface area contributed by atoms with E-state index in [2.05, 4.69) is 5.10 Å². The number of rotatable bonds is 3. The highest BCUT2D eigenvalue weighted by Gasteiger charge is 2.08. The molecule has 0 aliphatic heterocycles. The van der Waals surface area contributed by atoms with Crippen molar-refractivity contribution in [3.63, 3.8) is 0 Å². The monoisotopic (exact) mass is 215 g/mol. The van der Waals surface area contributed by atoms with Gasteiger partial charge < -0.3 is 5.73 Å². The number of anilines is 1. The van der Waals surface area contributed by atoms with Crippen molar-refractivity contribution < 1.29 is 4.79 Å². The van der Waals surface area contributed by atoms with Gasteiger partial charge in [-0.1, -0.05) is 30.3 Å². The summed E-state index contributed by atoms with van der Waals surface area (Å²) >= 11 is 0. The van der Waals surface area contributed by atoms with Gasteiger partial charge in [0.15, 0.2) is 5.78 Å². The molecule has 0 amide bonds. The van der Waals surface area contributed by atoms with Crippen LogP contribution in [0.3, 0.4) is 0 Å². The molecule has 2 N–H and O–H groups in total. The zero-order valence-electron chi connectivity index (χ0n) is 9.05. The molecule has 0 fully saturated rings. The van der Waals surface area contributed by atoms with E-state index < -0.39 is 0 Å². The van der Waals surface area contributed by atoms with Crippen LogP contribution in [0.2, 0.25) is 0 Å². The molecule has 4 heteroatoms. The van der Waals surface area contributed by atoms with Crippen LogP contribution in [0.15, 0.2) is 36.4 Å². The minimum absolute atomic E-state index is 0.0341. The van der Waals surface area contributed by atoms with Crippen LogP contribution in [-0.4, -0.2) is 15.6 Å². The van der Waals surface area contributed by atoms with Gasteiger partial charge in [-0.2, -0.15) is 5.10 Å². The number of aromatic nitrogens is 2. The summed E-state index contributed by atoms with van der Waals surface area (Å²) in [6.07, 6.45) is 0. The van der Waals surface area contributed by atoms with Gasteiger partial charge in [0, 0.05) is 17.3 Å². The highest BCUT2D eigenvalue weighted by Crippen LogP contribution is 2.07. The van der Waals surface area contributed by atoms with Crippen molar-refractivity contribution in [2.45, 2.75) is 13.5 Å². The summed E-state index contributed by atoms with van der Waals surface area (Å²) in [5.74, 6) is 0.477. The summed E-state index contributed by atoms with van der Waals surface area (Å²) in [5, 5.41) is 4.05. The van der Waals surface area contributed by atoms with Gasteiger partial charge in [-0.3, -0.25) is 9.48 Å². The van der Waals surface area contributed by atoms with E-state index in [-0.39, 0.29) is 12.3 Å². The predicted octanol–water partition coefficient (Wildman–Crippen LogP) is 1.66. The molecule has 2 aromatic rings. The molecular weight excluding hydrogens is 202 g/mol. The molecule has 0 aliphatic rings. The molecular formula is C12H13N3O. The van der Waals surface area contributed by atoms with E-state index in [1.165, 1.54) is 0 Å². The molecule has 0 atom stereocenters. The number of hydrogen-bond donors (Lipinski definition) is 1. The summed E-state index contributed by atoms with van der Waals surface area (Å²) in [7, 11) is 0. The van der Waals surface area contributed by atoms with E-state index in [0.29, 0.717) is 11.4 Å². The second-order valence-electron chi connectivity index (χ2n) is 3.66. The number of Topliss-reactive ketones (excluding diaryl/α,β-unsaturated/α-hetero) is 1. The van der Waals surface area contributed by atoms with Crippen molar-refractivity contribution in [3.05, 3.63) is 47.7 Å². The SMILES string of the molecule is Cc1cc(N)nn1CC(=O)c1ccccc1. The number of nitrogens with zero attached hydrogens (tertiary/aromatic N) is 2. The minimum Gasteiger partial charge on any atom is -0.382 e. The van der Waals surface area contributed by atoms with Crippen LogP contribution >= 0.6 is 0 Å². The van der Waals surface area contributed by atoms with Crippen LogP contribution in [0, 0.1) is 6.92 Å². The van der Waals surface area contributed by atoms with E-state index in [4.69, 9.17) is 5.73 Å². The van der Waals surface area contributed by atoms with Crippen LogP contribution < -0.4 is 5.73 Å². The van der Waals surface area contributed by atoms with Gasteiger partial charge >= 0.3 is 0 Å². The van der Waals surface area contributed by atoms with E-state index in [9.17, 15) is 4.79 Å². The standard InChI is InChI=1S/C12H13N3O/c1-9-7-12(13)14-15(9)8-11(16)10-5-3-2-4-6-10/h2-7H,8H2,1H3,(H2,13,14). The van der Waals surface area contributed by atoms with Gasteiger partial charge in [-0.15, -0.1) is 0 Å². The van der Waals surface area contributed by atoms with Crippen molar-refractivity contribution in [1.82, 2.24) is 9.78 Å². The summed E-state index contributed by atoms with van der Waals surface area (Å²) in [6.45, 7) is 2.11. The first-order chi connectivity index (χ1) is 7.66. The predicted molar refractivity (Wildman–Crippen MR) is 62.1 cm³/mol. The maximum absolute atomic E-state index is 11.9. The van der Waals surface area contributed by atoms with Gasteiger partial charge in [-0.05, 0) is 6.92 Å². The van der Waals surface area contributed by atoms with Crippen molar-refractivity contribution in [3.8, 4) is 0 Å². The van der Waals surface area contributed by atoms with Crippen LogP contribution in [0.4, 0.5) is 5.82 Å². The second-order valence-corrected chi connectivity index (χ2v) is 3.66. The molecule has 0 saturated carbocycles. The van der Waals surface area contributed by atoms with Crippen molar-refractivity contribution >= 4 is 11.6 Å². The minimum atomic E-state index is 0.0341. The molecule has 0 saturated heterocycles. The Morgan fingerprint density at radius 2 is 2.06 bits per heavy atom. The lowest BCUT2D eigenvalue weighted by Gasteiger charge is -2.03. The van der Waals surface area contributed by atoms with E-state index in [1.807, 2.05) is 25.1 Å². The first kappa shape index (κ1) is 10.4. The van der Waals surface area contributed by atoms with Crippen LogP contribution in [0.5, 0.6) is 0 Å². The van der Waals surface area contributed by atoms with Crippen molar-refractivity contribution in [2.24, 2.45) is 0 Å².